The van der Waals surface area contributed by atoms with E-state index in [4.69, 9.17) is 5.73 Å². The van der Waals surface area contributed by atoms with Crippen LogP contribution < -0.4 is 5.73 Å². The Hall–Kier alpha value is -1.90. The summed E-state index contributed by atoms with van der Waals surface area (Å²) >= 11 is 0. The summed E-state index contributed by atoms with van der Waals surface area (Å²) in [6.45, 7) is 1.88. The molecule has 0 aromatic heterocycles. The highest BCUT2D eigenvalue weighted by atomic mass is 16.1. The monoisotopic (exact) mass is 189 g/mol. The van der Waals surface area contributed by atoms with Gasteiger partial charge in [0.15, 0.2) is 0 Å². The summed E-state index contributed by atoms with van der Waals surface area (Å²) in [5, 5.41) is 0. The second-order valence-electron chi connectivity index (χ2n) is 3.03. The first-order valence-electron chi connectivity index (χ1n) is 4.16. The maximum absolute atomic E-state index is 10.5. The summed E-state index contributed by atoms with van der Waals surface area (Å²) in [5.74, 6) is -0.501. The van der Waals surface area contributed by atoms with Crippen molar-refractivity contribution in [2.75, 3.05) is 0 Å². The third-order valence-corrected chi connectivity index (χ3v) is 1.70. The summed E-state index contributed by atoms with van der Waals surface area (Å²) < 4.78 is 0. The van der Waals surface area contributed by atoms with E-state index < -0.39 is 5.91 Å². The Morgan fingerprint density at radius 1 is 1.29 bits per heavy atom. The number of amides is 1. The van der Waals surface area contributed by atoms with Crippen molar-refractivity contribution < 1.29 is 9.59 Å². The minimum atomic E-state index is -0.501. The molecule has 0 aliphatic rings. The van der Waals surface area contributed by atoms with Crippen molar-refractivity contribution in [1.29, 1.82) is 0 Å². The van der Waals surface area contributed by atoms with Crippen LogP contribution in [0.3, 0.4) is 0 Å². The molecule has 0 saturated carbocycles. The number of primary amides is 1. The van der Waals surface area contributed by atoms with E-state index in [0.717, 1.165) is 17.4 Å². The fourth-order valence-electron chi connectivity index (χ4n) is 1.19. The van der Waals surface area contributed by atoms with E-state index in [2.05, 4.69) is 0 Å². The molecule has 14 heavy (non-hydrogen) atoms. The lowest BCUT2D eigenvalue weighted by Gasteiger charge is -1.98. The molecule has 0 aliphatic heterocycles. The van der Waals surface area contributed by atoms with Gasteiger partial charge in [-0.2, -0.15) is 0 Å². The average Bonchev–Trinajstić information content (AvgIpc) is 2.14. The number of carbonyl (C=O) groups excluding carboxylic acids is 2. The minimum Gasteiger partial charge on any atom is -0.366 e. The highest BCUT2D eigenvalue weighted by molar-refractivity contribution is 5.90. The third-order valence-electron chi connectivity index (χ3n) is 1.70. The number of rotatable bonds is 3. The summed E-state index contributed by atoms with van der Waals surface area (Å²) in [4.78, 5) is 21.0. The van der Waals surface area contributed by atoms with Crippen LogP contribution in [0.1, 0.15) is 21.5 Å². The highest BCUT2D eigenvalue weighted by Crippen LogP contribution is 2.09. The summed E-state index contributed by atoms with van der Waals surface area (Å²) in [6, 6.07) is 5.33. The molecule has 72 valence electrons. The zero-order valence-corrected chi connectivity index (χ0v) is 7.86. The molecular formula is C11H11NO2. The van der Waals surface area contributed by atoms with Gasteiger partial charge in [0.1, 0.15) is 6.29 Å². The van der Waals surface area contributed by atoms with E-state index >= 15 is 0 Å². The standard InChI is InChI=1S/C11H11NO2/c1-8-4-9(2-3-11(12)14)6-10(5-8)7-13/h2-7H,1H3,(H2,12,14). The average molecular weight is 189 g/mol. The smallest absolute Gasteiger partial charge is 0.241 e. The molecule has 0 fully saturated rings. The molecule has 0 radical (unpaired) electrons. The van der Waals surface area contributed by atoms with Crippen LogP contribution >= 0.6 is 0 Å². The Labute approximate surface area is 82.2 Å². The molecule has 3 heteroatoms. The van der Waals surface area contributed by atoms with Crippen molar-refractivity contribution in [2.24, 2.45) is 5.73 Å². The van der Waals surface area contributed by atoms with Crippen LogP contribution in [0.25, 0.3) is 6.08 Å². The third kappa shape index (κ3) is 2.86. The molecule has 0 aliphatic carbocycles. The van der Waals surface area contributed by atoms with Gasteiger partial charge in [0.05, 0.1) is 0 Å². The molecule has 0 heterocycles. The Balaban J connectivity index is 3.03. The van der Waals surface area contributed by atoms with Gasteiger partial charge < -0.3 is 5.73 Å². The van der Waals surface area contributed by atoms with Gasteiger partial charge in [0, 0.05) is 11.6 Å². The maximum Gasteiger partial charge on any atom is 0.241 e. The molecule has 0 spiro atoms. The van der Waals surface area contributed by atoms with Gasteiger partial charge in [-0.15, -0.1) is 0 Å². The van der Waals surface area contributed by atoms with Crippen LogP contribution in [0.5, 0.6) is 0 Å². The van der Waals surface area contributed by atoms with Crippen LogP contribution in [-0.2, 0) is 4.79 Å². The normalized spacial score (nSPS) is 10.4. The molecule has 0 atom stereocenters. The lowest BCUT2D eigenvalue weighted by Crippen LogP contribution is -2.05. The van der Waals surface area contributed by atoms with Crippen LogP contribution in [0, 0.1) is 6.92 Å². The van der Waals surface area contributed by atoms with E-state index in [1.165, 1.54) is 6.08 Å². The molecule has 1 amide bonds. The van der Waals surface area contributed by atoms with Crippen molar-refractivity contribution in [3.05, 3.63) is 41.0 Å². The van der Waals surface area contributed by atoms with Gasteiger partial charge in [-0.1, -0.05) is 6.07 Å². The van der Waals surface area contributed by atoms with Crippen molar-refractivity contribution >= 4 is 18.3 Å². The van der Waals surface area contributed by atoms with E-state index in [-0.39, 0.29) is 0 Å². The lowest BCUT2D eigenvalue weighted by molar-refractivity contribution is -0.113. The largest absolute Gasteiger partial charge is 0.366 e. The van der Waals surface area contributed by atoms with Crippen molar-refractivity contribution in [2.45, 2.75) is 6.92 Å². The summed E-state index contributed by atoms with van der Waals surface area (Å²) in [7, 11) is 0. The van der Waals surface area contributed by atoms with Crippen LogP contribution in [0.2, 0.25) is 0 Å². The zero-order chi connectivity index (χ0) is 10.6. The maximum atomic E-state index is 10.5. The first-order chi connectivity index (χ1) is 6.61. The Bertz CT molecular complexity index is 394. The Morgan fingerprint density at radius 2 is 1.93 bits per heavy atom. The van der Waals surface area contributed by atoms with Gasteiger partial charge >= 0.3 is 0 Å². The van der Waals surface area contributed by atoms with Gasteiger partial charge in [0.25, 0.3) is 0 Å². The second-order valence-corrected chi connectivity index (χ2v) is 3.03. The molecule has 0 unspecified atom stereocenters. The number of hydrogen-bond donors (Lipinski definition) is 1. The van der Waals surface area contributed by atoms with Crippen LogP contribution in [0.15, 0.2) is 24.3 Å². The molecule has 3 nitrogen and oxygen atoms in total. The quantitative estimate of drug-likeness (QED) is 0.575. The van der Waals surface area contributed by atoms with Gasteiger partial charge in [-0.25, -0.2) is 0 Å². The molecule has 2 N–H and O–H groups in total. The number of carbonyl (C=O) groups is 2. The number of aryl methyl sites for hydroxylation is 1. The lowest BCUT2D eigenvalue weighted by atomic mass is 10.1. The van der Waals surface area contributed by atoms with Gasteiger partial charge in [0.2, 0.25) is 5.91 Å². The predicted molar refractivity (Wildman–Crippen MR) is 54.8 cm³/mol. The minimum absolute atomic E-state index is 0.501. The molecule has 0 bridgehead atoms. The first kappa shape index (κ1) is 10.2. The van der Waals surface area contributed by atoms with Crippen molar-refractivity contribution in [3.63, 3.8) is 0 Å². The summed E-state index contributed by atoms with van der Waals surface area (Å²) in [6.07, 6.45) is 3.63. The molecule has 1 aromatic rings. The molecule has 0 saturated heterocycles. The fourth-order valence-corrected chi connectivity index (χ4v) is 1.19. The molecule has 1 aromatic carbocycles. The number of nitrogens with two attached hydrogens (primary N) is 1. The highest BCUT2D eigenvalue weighted by Gasteiger charge is 1.95. The number of aldehydes is 1. The van der Waals surface area contributed by atoms with Crippen LogP contribution in [-0.4, -0.2) is 12.2 Å². The summed E-state index contributed by atoms with van der Waals surface area (Å²) in [5.41, 5.74) is 7.31. The second kappa shape index (κ2) is 4.37. The molecule has 1 rings (SSSR count). The Morgan fingerprint density at radius 3 is 2.50 bits per heavy atom. The first-order valence-corrected chi connectivity index (χ1v) is 4.16. The van der Waals surface area contributed by atoms with E-state index in [0.29, 0.717) is 5.56 Å². The predicted octanol–water partition coefficient (Wildman–Crippen LogP) is 1.31. The Kier molecular flexibility index (Phi) is 3.18. The van der Waals surface area contributed by atoms with E-state index in [9.17, 15) is 9.59 Å². The van der Waals surface area contributed by atoms with E-state index in [1.54, 1.807) is 18.2 Å². The zero-order valence-electron chi connectivity index (χ0n) is 7.86. The van der Waals surface area contributed by atoms with Crippen LogP contribution in [0.4, 0.5) is 0 Å². The van der Waals surface area contributed by atoms with Crippen molar-refractivity contribution in [3.8, 4) is 0 Å². The topological polar surface area (TPSA) is 60.2 Å². The van der Waals surface area contributed by atoms with E-state index in [1.807, 2.05) is 13.0 Å². The van der Waals surface area contributed by atoms with Gasteiger partial charge in [-0.05, 0) is 36.3 Å². The SMILES string of the molecule is Cc1cc(C=O)cc(C=CC(N)=O)c1. The van der Waals surface area contributed by atoms with Gasteiger partial charge in [-0.3, -0.25) is 9.59 Å². The fraction of sp³-hybridized carbons (Fsp3) is 0.0909. The number of hydrogen-bond acceptors (Lipinski definition) is 2. The number of benzene rings is 1. The van der Waals surface area contributed by atoms with Crippen molar-refractivity contribution in [1.82, 2.24) is 0 Å². The molecular weight excluding hydrogens is 178 g/mol.